The SMILES string of the molecule is CCNC(=NCC(OC)C(C)(C)C)NC1CCN(CCCOC)CC1. The Kier molecular flexibility index (Phi) is 10.4. The molecule has 0 aromatic carbocycles. The van der Waals surface area contributed by atoms with E-state index in [1.807, 2.05) is 0 Å². The molecule has 0 bridgehead atoms. The van der Waals surface area contributed by atoms with Crippen LogP contribution < -0.4 is 10.6 Å². The third-order valence-corrected chi connectivity index (χ3v) is 4.76. The van der Waals surface area contributed by atoms with Gasteiger partial charge in [-0.05, 0) is 31.6 Å². The average molecular weight is 357 g/mol. The molecule has 0 aromatic heterocycles. The van der Waals surface area contributed by atoms with Crippen molar-refractivity contribution in [3.63, 3.8) is 0 Å². The number of guanidine groups is 1. The van der Waals surface area contributed by atoms with Crippen molar-refractivity contribution in [2.75, 3.05) is 53.6 Å². The van der Waals surface area contributed by atoms with Crippen molar-refractivity contribution >= 4 is 5.96 Å². The number of rotatable bonds is 9. The van der Waals surface area contributed by atoms with E-state index in [9.17, 15) is 0 Å². The van der Waals surface area contributed by atoms with E-state index in [1.54, 1.807) is 14.2 Å². The summed E-state index contributed by atoms with van der Waals surface area (Å²) in [5, 5.41) is 6.97. The smallest absolute Gasteiger partial charge is 0.191 e. The molecule has 1 heterocycles. The van der Waals surface area contributed by atoms with Crippen LogP contribution in [-0.4, -0.2) is 76.6 Å². The molecule has 0 spiro atoms. The highest BCUT2D eigenvalue weighted by Crippen LogP contribution is 2.21. The van der Waals surface area contributed by atoms with Gasteiger partial charge in [0.15, 0.2) is 5.96 Å². The summed E-state index contributed by atoms with van der Waals surface area (Å²) in [7, 11) is 3.54. The molecule has 0 radical (unpaired) electrons. The van der Waals surface area contributed by atoms with Crippen molar-refractivity contribution in [1.29, 1.82) is 0 Å². The predicted molar refractivity (Wildman–Crippen MR) is 105 cm³/mol. The van der Waals surface area contributed by atoms with Crippen molar-refractivity contribution in [1.82, 2.24) is 15.5 Å². The van der Waals surface area contributed by atoms with E-state index in [2.05, 4.69) is 43.2 Å². The van der Waals surface area contributed by atoms with E-state index >= 15 is 0 Å². The lowest BCUT2D eigenvalue weighted by Gasteiger charge is -2.33. The zero-order chi connectivity index (χ0) is 18.7. The zero-order valence-corrected chi connectivity index (χ0v) is 17.2. The van der Waals surface area contributed by atoms with Crippen LogP contribution >= 0.6 is 0 Å². The molecule has 0 saturated carbocycles. The first kappa shape index (κ1) is 22.2. The first-order valence-corrected chi connectivity index (χ1v) is 9.69. The van der Waals surface area contributed by atoms with E-state index in [-0.39, 0.29) is 11.5 Å². The lowest BCUT2D eigenvalue weighted by atomic mass is 9.89. The molecule has 1 fully saturated rings. The van der Waals surface area contributed by atoms with Crippen molar-refractivity contribution in [2.45, 2.75) is 59.1 Å². The number of piperidine rings is 1. The summed E-state index contributed by atoms with van der Waals surface area (Å²) >= 11 is 0. The highest BCUT2D eigenvalue weighted by molar-refractivity contribution is 5.80. The standard InChI is InChI=1S/C19H40N4O2/c1-7-20-18(21-15-17(25-6)19(2,3)4)22-16-9-12-23(13-10-16)11-8-14-24-5/h16-17H,7-15H2,1-6H3,(H2,20,21,22). The Bertz CT molecular complexity index is 374. The largest absolute Gasteiger partial charge is 0.385 e. The molecule has 0 aliphatic carbocycles. The van der Waals surface area contributed by atoms with Crippen LogP contribution in [0.4, 0.5) is 0 Å². The van der Waals surface area contributed by atoms with Gasteiger partial charge in [0.05, 0.1) is 12.6 Å². The quantitative estimate of drug-likeness (QED) is 0.376. The fraction of sp³-hybridized carbons (Fsp3) is 0.947. The second-order valence-corrected chi connectivity index (χ2v) is 7.92. The van der Waals surface area contributed by atoms with Crippen LogP contribution in [0.25, 0.3) is 0 Å². The first-order chi connectivity index (χ1) is 11.9. The van der Waals surface area contributed by atoms with Gasteiger partial charge in [-0.3, -0.25) is 4.99 Å². The van der Waals surface area contributed by atoms with Crippen molar-refractivity contribution in [3.05, 3.63) is 0 Å². The van der Waals surface area contributed by atoms with E-state index < -0.39 is 0 Å². The zero-order valence-electron chi connectivity index (χ0n) is 17.2. The second kappa shape index (κ2) is 11.7. The average Bonchev–Trinajstić information content (AvgIpc) is 2.56. The van der Waals surface area contributed by atoms with Crippen LogP contribution in [0.1, 0.15) is 47.0 Å². The number of ether oxygens (including phenoxy) is 2. The summed E-state index contributed by atoms with van der Waals surface area (Å²) in [6.07, 6.45) is 3.55. The lowest BCUT2D eigenvalue weighted by molar-refractivity contribution is 0.0241. The van der Waals surface area contributed by atoms with Gasteiger partial charge in [0.25, 0.3) is 0 Å². The number of aliphatic imine (C=N–C) groups is 1. The van der Waals surface area contributed by atoms with Gasteiger partial charge in [0.1, 0.15) is 0 Å². The molecule has 1 unspecified atom stereocenters. The molecule has 1 rings (SSSR count). The Morgan fingerprint density at radius 2 is 1.92 bits per heavy atom. The van der Waals surface area contributed by atoms with Crippen LogP contribution in [0.15, 0.2) is 4.99 Å². The number of nitrogens with one attached hydrogen (secondary N) is 2. The van der Waals surface area contributed by atoms with E-state index in [1.165, 1.54) is 0 Å². The van der Waals surface area contributed by atoms with Gasteiger partial charge < -0.3 is 25.0 Å². The van der Waals surface area contributed by atoms with Gasteiger partial charge >= 0.3 is 0 Å². The normalized spacial score (nSPS) is 19.0. The third kappa shape index (κ3) is 8.88. The third-order valence-electron chi connectivity index (χ3n) is 4.76. The highest BCUT2D eigenvalue weighted by Gasteiger charge is 2.24. The molecule has 1 aliphatic heterocycles. The number of nitrogens with zero attached hydrogens (tertiary/aromatic N) is 2. The molecule has 2 N–H and O–H groups in total. The van der Waals surface area contributed by atoms with E-state index in [0.717, 1.165) is 58.0 Å². The summed E-state index contributed by atoms with van der Waals surface area (Å²) in [6, 6.07) is 0.493. The summed E-state index contributed by atoms with van der Waals surface area (Å²) in [5.41, 5.74) is 0.0864. The van der Waals surface area contributed by atoms with Crippen LogP contribution in [0, 0.1) is 5.41 Å². The molecule has 25 heavy (non-hydrogen) atoms. The lowest BCUT2D eigenvalue weighted by Crippen LogP contribution is -2.49. The minimum Gasteiger partial charge on any atom is -0.385 e. The van der Waals surface area contributed by atoms with Crippen LogP contribution in [0.3, 0.4) is 0 Å². The number of hydrogen-bond donors (Lipinski definition) is 2. The van der Waals surface area contributed by atoms with E-state index in [4.69, 9.17) is 14.5 Å². The molecule has 1 atom stereocenters. The molecule has 1 aliphatic rings. The molecule has 148 valence electrons. The van der Waals surface area contributed by atoms with Gasteiger partial charge in [0, 0.05) is 53.0 Å². The Morgan fingerprint density at radius 1 is 1.24 bits per heavy atom. The molecular weight excluding hydrogens is 316 g/mol. The number of likely N-dealkylation sites (tertiary alicyclic amines) is 1. The topological polar surface area (TPSA) is 58.1 Å². The summed E-state index contributed by atoms with van der Waals surface area (Å²) in [6.45, 7) is 14.5. The maximum absolute atomic E-state index is 5.61. The van der Waals surface area contributed by atoms with Crippen molar-refractivity contribution in [3.8, 4) is 0 Å². The predicted octanol–water partition coefficient (Wildman–Crippen LogP) is 2.10. The molecule has 1 saturated heterocycles. The first-order valence-electron chi connectivity index (χ1n) is 9.69. The van der Waals surface area contributed by atoms with Gasteiger partial charge in [-0.25, -0.2) is 0 Å². The molecule has 0 aromatic rings. The highest BCUT2D eigenvalue weighted by atomic mass is 16.5. The van der Waals surface area contributed by atoms with Crippen LogP contribution in [-0.2, 0) is 9.47 Å². The van der Waals surface area contributed by atoms with Gasteiger partial charge in [0.2, 0.25) is 0 Å². The Labute approximate surface area is 154 Å². The number of hydrogen-bond acceptors (Lipinski definition) is 4. The molecule has 0 amide bonds. The Morgan fingerprint density at radius 3 is 2.44 bits per heavy atom. The maximum Gasteiger partial charge on any atom is 0.191 e. The maximum atomic E-state index is 5.61. The second-order valence-electron chi connectivity index (χ2n) is 7.92. The summed E-state index contributed by atoms with van der Waals surface area (Å²) < 4.78 is 10.8. The minimum absolute atomic E-state index is 0.0864. The molecule has 6 heteroatoms. The van der Waals surface area contributed by atoms with Crippen LogP contribution in [0.2, 0.25) is 0 Å². The molecular formula is C19H40N4O2. The van der Waals surface area contributed by atoms with Crippen LogP contribution in [0.5, 0.6) is 0 Å². The Balaban J connectivity index is 2.46. The minimum atomic E-state index is 0.0864. The fourth-order valence-electron chi connectivity index (χ4n) is 3.12. The van der Waals surface area contributed by atoms with Gasteiger partial charge in [-0.2, -0.15) is 0 Å². The van der Waals surface area contributed by atoms with Crippen molar-refractivity contribution in [2.24, 2.45) is 10.4 Å². The fourth-order valence-corrected chi connectivity index (χ4v) is 3.12. The van der Waals surface area contributed by atoms with Crippen molar-refractivity contribution < 1.29 is 9.47 Å². The summed E-state index contributed by atoms with van der Waals surface area (Å²) in [5.74, 6) is 0.909. The van der Waals surface area contributed by atoms with Gasteiger partial charge in [-0.15, -0.1) is 0 Å². The Hall–Kier alpha value is -0.850. The number of methoxy groups -OCH3 is 2. The van der Waals surface area contributed by atoms with Gasteiger partial charge in [-0.1, -0.05) is 20.8 Å². The van der Waals surface area contributed by atoms with E-state index in [0.29, 0.717) is 12.6 Å². The molecule has 6 nitrogen and oxygen atoms in total. The summed E-state index contributed by atoms with van der Waals surface area (Å²) in [4.78, 5) is 7.29. The monoisotopic (exact) mass is 356 g/mol.